The van der Waals surface area contributed by atoms with Crippen LogP contribution in [0.2, 0.25) is 0 Å². The Hall–Kier alpha value is -0.860. The lowest BCUT2D eigenvalue weighted by molar-refractivity contribution is -0.137. The van der Waals surface area contributed by atoms with E-state index in [9.17, 15) is 9.59 Å². The van der Waals surface area contributed by atoms with Crippen molar-refractivity contribution < 1.29 is 14.7 Å². The average molecular weight is 284 g/mol. The number of hydrogen-bond acceptors (Lipinski definition) is 2. The zero-order valence-electron chi connectivity index (χ0n) is 13.3. The fourth-order valence-corrected chi connectivity index (χ4v) is 2.63. The summed E-state index contributed by atoms with van der Waals surface area (Å²) in [6.45, 7) is 3.86. The minimum absolute atomic E-state index is 0.288. The van der Waals surface area contributed by atoms with Crippen molar-refractivity contribution in [2.45, 2.75) is 90.9 Å². The maximum Gasteiger partial charge on any atom is 0.303 e. The van der Waals surface area contributed by atoms with Crippen molar-refractivity contribution in [2.75, 3.05) is 0 Å². The SMILES string of the molecule is CCC[C@H](CCCCCCCCCCC(=O)O)C(C)=O. The number of carboxylic acids is 1. The third-order valence-electron chi connectivity index (χ3n) is 3.91. The van der Waals surface area contributed by atoms with Gasteiger partial charge >= 0.3 is 5.97 Å². The van der Waals surface area contributed by atoms with Crippen molar-refractivity contribution in [1.82, 2.24) is 0 Å². The van der Waals surface area contributed by atoms with Gasteiger partial charge in [-0.25, -0.2) is 0 Å². The van der Waals surface area contributed by atoms with Gasteiger partial charge in [-0.15, -0.1) is 0 Å². The van der Waals surface area contributed by atoms with Gasteiger partial charge in [-0.05, 0) is 26.2 Å². The summed E-state index contributed by atoms with van der Waals surface area (Å²) in [5, 5.41) is 8.51. The molecule has 0 spiro atoms. The highest BCUT2D eigenvalue weighted by molar-refractivity contribution is 5.78. The van der Waals surface area contributed by atoms with Crippen LogP contribution in [0.1, 0.15) is 90.9 Å². The molecule has 0 bridgehead atoms. The molecule has 0 aliphatic carbocycles. The highest BCUT2D eigenvalue weighted by Crippen LogP contribution is 2.18. The minimum atomic E-state index is -0.683. The summed E-state index contributed by atoms with van der Waals surface area (Å²) in [6.07, 6.45) is 12.6. The molecule has 0 amide bonds. The van der Waals surface area contributed by atoms with E-state index in [1.54, 1.807) is 6.92 Å². The van der Waals surface area contributed by atoms with E-state index in [4.69, 9.17) is 5.11 Å². The van der Waals surface area contributed by atoms with Crippen molar-refractivity contribution in [2.24, 2.45) is 5.92 Å². The fourth-order valence-electron chi connectivity index (χ4n) is 2.63. The molecule has 0 radical (unpaired) electrons. The van der Waals surface area contributed by atoms with Crippen LogP contribution in [-0.2, 0) is 9.59 Å². The molecule has 0 aliphatic heterocycles. The summed E-state index contributed by atoms with van der Waals surface area (Å²) in [5.41, 5.74) is 0. The maximum absolute atomic E-state index is 11.4. The predicted molar refractivity (Wildman–Crippen MR) is 82.9 cm³/mol. The third kappa shape index (κ3) is 12.2. The van der Waals surface area contributed by atoms with Gasteiger partial charge < -0.3 is 5.11 Å². The van der Waals surface area contributed by atoms with E-state index in [1.807, 2.05) is 0 Å². The molecule has 0 aromatic carbocycles. The maximum atomic E-state index is 11.4. The van der Waals surface area contributed by atoms with Crippen molar-refractivity contribution >= 4 is 11.8 Å². The first-order valence-corrected chi connectivity index (χ1v) is 8.30. The van der Waals surface area contributed by atoms with Gasteiger partial charge in [-0.2, -0.15) is 0 Å². The number of unbranched alkanes of at least 4 members (excludes halogenated alkanes) is 7. The molecule has 0 aromatic heterocycles. The molecule has 118 valence electrons. The Labute approximate surface area is 124 Å². The van der Waals surface area contributed by atoms with Gasteiger partial charge in [-0.3, -0.25) is 9.59 Å². The van der Waals surface area contributed by atoms with E-state index < -0.39 is 5.97 Å². The van der Waals surface area contributed by atoms with Crippen LogP contribution in [0.25, 0.3) is 0 Å². The van der Waals surface area contributed by atoms with Gasteiger partial charge in [0.25, 0.3) is 0 Å². The molecule has 3 heteroatoms. The molecule has 0 unspecified atom stereocenters. The second-order valence-corrected chi connectivity index (χ2v) is 5.86. The molecule has 1 N–H and O–H groups in total. The minimum Gasteiger partial charge on any atom is -0.481 e. The molecule has 0 saturated heterocycles. The Morgan fingerprint density at radius 3 is 1.80 bits per heavy atom. The molecule has 0 fully saturated rings. The van der Waals surface area contributed by atoms with Crippen LogP contribution in [0.5, 0.6) is 0 Å². The number of carbonyl (C=O) groups excluding carboxylic acids is 1. The predicted octanol–water partition coefficient (Wildman–Crippen LogP) is 4.98. The molecular weight excluding hydrogens is 252 g/mol. The quantitative estimate of drug-likeness (QED) is 0.458. The number of rotatable bonds is 14. The summed E-state index contributed by atoms with van der Waals surface area (Å²) >= 11 is 0. The summed E-state index contributed by atoms with van der Waals surface area (Å²) in [6, 6.07) is 0. The average Bonchev–Trinajstić information content (AvgIpc) is 2.39. The van der Waals surface area contributed by atoms with Crippen molar-refractivity contribution in [1.29, 1.82) is 0 Å². The van der Waals surface area contributed by atoms with Gasteiger partial charge in [0, 0.05) is 12.3 Å². The zero-order chi connectivity index (χ0) is 15.2. The highest BCUT2D eigenvalue weighted by atomic mass is 16.4. The number of aliphatic carboxylic acids is 1. The normalized spacial score (nSPS) is 12.3. The van der Waals surface area contributed by atoms with Gasteiger partial charge in [0.1, 0.15) is 5.78 Å². The lowest BCUT2D eigenvalue weighted by Crippen LogP contribution is -2.10. The summed E-state index contributed by atoms with van der Waals surface area (Å²) in [4.78, 5) is 21.7. The van der Waals surface area contributed by atoms with Crippen molar-refractivity contribution in [3.63, 3.8) is 0 Å². The first-order valence-electron chi connectivity index (χ1n) is 8.30. The standard InChI is InChI=1S/C17H32O3/c1-3-12-16(15(2)18)13-10-8-6-4-5-7-9-11-14-17(19)20/h16H,3-14H2,1-2H3,(H,19,20)/t16-/m1/s1. The van der Waals surface area contributed by atoms with E-state index in [-0.39, 0.29) is 5.92 Å². The molecule has 0 saturated carbocycles. The Morgan fingerprint density at radius 1 is 0.850 bits per heavy atom. The molecule has 0 aromatic rings. The van der Waals surface area contributed by atoms with Gasteiger partial charge in [0.05, 0.1) is 0 Å². The Morgan fingerprint density at radius 2 is 1.35 bits per heavy atom. The Kier molecular flexibility index (Phi) is 12.6. The van der Waals surface area contributed by atoms with Crippen molar-refractivity contribution in [3.05, 3.63) is 0 Å². The first-order chi connectivity index (χ1) is 9.57. The van der Waals surface area contributed by atoms with E-state index in [2.05, 4.69) is 6.92 Å². The lowest BCUT2D eigenvalue weighted by atomic mass is 9.93. The fraction of sp³-hybridized carbons (Fsp3) is 0.882. The first kappa shape index (κ1) is 19.1. The zero-order valence-corrected chi connectivity index (χ0v) is 13.3. The van der Waals surface area contributed by atoms with Crippen LogP contribution in [0, 0.1) is 5.92 Å². The second kappa shape index (κ2) is 13.1. The van der Waals surface area contributed by atoms with Crippen LogP contribution in [0.15, 0.2) is 0 Å². The topological polar surface area (TPSA) is 54.4 Å². The van der Waals surface area contributed by atoms with Crippen LogP contribution in [-0.4, -0.2) is 16.9 Å². The molecule has 0 rings (SSSR count). The number of carbonyl (C=O) groups is 2. The van der Waals surface area contributed by atoms with E-state index in [1.165, 1.54) is 32.1 Å². The molecule has 0 heterocycles. The summed E-state index contributed by atoms with van der Waals surface area (Å²) in [7, 11) is 0. The van der Waals surface area contributed by atoms with E-state index in [0.717, 1.165) is 38.5 Å². The van der Waals surface area contributed by atoms with Crippen LogP contribution >= 0.6 is 0 Å². The third-order valence-corrected chi connectivity index (χ3v) is 3.91. The smallest absolute Gasteiger partial charge is 0.303 e. The monoisotopic (exact) mass is 284 g/mol. The molecular formula is C17H32O3. The summed E-state index contributed by atoms with van der Waals surface area (Å²) in [5.74, 6) is -0.0431. The van der Waals surface area contributed by atoms with Gasteiger partial charge in [0.15, 0.2) is 0 Å². The van der Waals surface area contributed by atoms with Crippen molar-refractivity contribution in [3.8, 4) is 0 Å². The van der Waals surface area contributed by atoms with E-state index >= 15 is 0 Å². The molecule has 20 heavy (non-hydrogen) atoms. The van der Waals surface area contributed by atoms with Crippen LogP contribution in [0.4, 0.5) is 0 Å². The van der Waals surface area contributed by atoms with Gasteiger partial charge in [-0.1, -0.05) is 58.3 Å². The van der Waals surface area contributed by atoms with Gasteiger partial charge in [0.2, 0.25) is 0 Å². The number of Topliss-reactive ketones (excluding diaryl/α,β-unsaturated/α-hetero) is 1. The number of carboxylic acid groups (broad SMARTS) is 1. The van der Waals surface area contributed by atoms with Crippen LogP contribution in [0.3, 0.4) is 0 Å². The largest absolute Gasteiger partial charge is 0.481 e. The Bertz CT molecular complexity index is 261. The number of ketones is 1. The highest BCUT2D eigenvalue weighted by Gasteiger charge is 2.11. The summed E-state index contributed by atoms with van der Waals surface area (Å²) < 4.78 is 0. The number of hydrogen-bond donors (Lipinski definition) is 1. The molecule has 3 nitrogen and oxygen atoms in total. The lowest BCUT2D eigenvalue weighted by Gasteiger charge is -2.12. The second-order valence-electron chi connectivity index (χ2n) is 5.86. The van der Waals surface area contributed by atoms with Crippen LogP contribution < -0.4 is 0 Å². The molecule has 0 aliphatic rings. The van der Waals surface area contributed by atoms with E-state index in [0.29, 0.717) is 12.2 Å². The molecule has 1 atom stereocenters. The Balaban J connectivity index is 3.31.